The second-order valence-electron chi connectivity index (χ2n) is 24.0. The van der Waals surface area contributed by atoms with Crippen molar-refractivity contribution >= 4 is 19.7 Å². The van der Waals surface area contributed by atoms with Gasteiger partial charge in [-0.3, -0.25) is 14.2 Å². The highest BCUT2D eigenvalue weighted by Gasteiger charge is 2.27. The topological polar surface area (TPSA) is 114 Å². The predicted molar refractivity (Wildman–Crippen MR) is 330 cm³/mol. The number of hydrogen-bond acceptors (Lipinski definition) is 7. The molecule has 0 radical (unpaired) electrons. The number of ether oxygens (including phenoxy) is 1. The molecule has 10 heteroatoms. The Balaban J connectivity index is 5.10. The highest BCUT2D eigenvalue weighted by Crippen LogP contribution is 2.38. The van der Waals surface area contributed by atoms with Crippen LogP contribution in [0.2, 0.25) is 0 Å². The van der Waals surface area contributed by atoms with E-state index in [0.29, 0.717) is 17.4 Å². The van der Waals surface area contributed by atoms with Crippen molar-refractivity contribution < 1.29 is 37.3 Å². The largest absolute Gasteiger partial charge is 0.756 e. The molecule has 0 rings (SSSR count). The molecule has 77 heavy (non-hydrogen) atoms. The van der Waals surface area contributed by atoms with Crippen LogP contribution in [0, 0.1) is 0 Å². The van der Waals surface area contributed by atoms with E-state index < -0.39 is 20.0 Å². The molecule has 3 unspecified atom stereocenters. The van der Waals surface area contributed by atoms with Crippen LogP contribution in [-0.2, 0) is 27.9 Å². The van der Waals surface area contributed by atoms with Crippen molar-refractivity contribution in [1.29, 1.82) is 0 Å². The van der Waals surface area contributed by atoms with Gasteiger partial charge in [0.25, 0.3) is 7.82 Å². The van der Waals surface area contributed by atoms with Crippen molar-refractivity contribution in [3.8, 4) is 0 Å². The number of allylic oxidation sites excluding steroid dienone is 5. The van der Waals surface area contributed by atoms with Gasteiger partial charge in [0.15, 0.2) is 0 Å². The van der Waals surface area contributed by atoms with E-state index in [2.05, 4.69) is 50.4 Å². The Morgan fingerprint density at radius 3 is 1.19 bits per heavy atom. The minimum Gasteiger partial charge on any atom is -0.756 e. The molecule has 0 heterocycles. The number of phosphoric acid groups is 1. The van der Waals surface area contributed by atoms with E-state index in [0.717, 1.165) is 64.2 Å². The Hall–Kier alpha value is -1.77. The lowest BCUT2D eigenvalue weighted by Gasteiger charge is -2.30. The number of carbonyl (C=O) groups excluding carboxylic acids is 2. The van der Waals surface area contributed by atoms with Crippen LogP contribution in [0.15, 0.2) is 36.5 Å². The normalized spacial score (nSPS) is 13.8. The minimum absolute atomic E-state index is 0.0204. The summed E-state index contributed by atoms with van der Waals surface area (Å²) in [5, 5.41) is 3.04. The fourth-order valence-corrected chi connectivity index (χ4v) is 10.6. The van der Waals surface area contributed by atoms with E-state index >= 15 is 0 Å². The van der Waals surface area contributed by atoms with E-state index in [1.165, 1.54) is 231 Å². The first-order chi connectivity index (χ1) is 37.4. The molecular weight excluding hydrogens is 976 g/mol. The first-order valence-electron chi connectivity index (χ1n) is 33.3. The summed E-state index contributed by atoms with van der Waals surface area (Å²) in [5.41, 5.74) is 0. The zero-order chi connectivity index (χ0) is 56.4. The van der Waals surface area contributed by atoms with Crippen molar-refractivity contribution in [1.82, 2.24) is 5.32 Å². The number of rotatable bonds is 61. The number of nitrogens with one attached hydrogen (secondary N) is 1. The highest BCUT2D eigenvalue weighted by molar-refractivity contribution is 7.45. The molecule has 0 bridgehead atoms. The summed E-state index contributed by atoms with van der Waals surface area (Å²) in [4.78, 5) is 40.0. The molecule has 0 spiro atoms. The number of quaternary nitrogens is 1. The summed E-state index contributed by atoms with van der Waals surface area (Å²) in [6.07, 6.45) is 69.7. The number of unbranched alkanes of at least 4 members (excludes halogenated alkanes) is 41. The lowest BCUT2D eigenvalue weighted by molar-refractivity contribution is -0.870. The second kappa shape index (κ2) is 57.5. The van der Waals surface area contributed by atoms with Crippen LogP contribution in [-0.4, -0.2) is 69.4 Å². The molecule has 0 aliphatic carbocycles. The van der Waals surface area contributed by atoms with Crippen molar-refractivity contribution in [2.24, 2.45) is 0 Å². The highest BCUT2D eigenvalue weighted by atomic mass is 31.2. The first kappa shape index (κ1) is 75.2. The fraction of sp³-hybridized carbons (Fsp3) is 0.881. The maximum Gasteiger partial charge on any atom is 0.306 e. The maximum atomic E-state index is 13.6. The quantitative estimate of drug-likeness (QED) is 0.0212. The summed E-state index contributed by atoms with van der Waals surface area (Å²) < 4.78 is 30.4. The Kier molecular flexibility index (Phi) is 56.1. The molecule has 9 nitrogen and oxygen atoms in total. The van der Waals surface area contributed by atoms with Gasteiger partial charge in [-0.15, -0.1) is 0 Å². The first-order valence-corrected chi connectivity index (χ1v) is 34.8. The third-order valence-corrected chi connectivity index (χ3v) is 16.0. The third-order valence-electron chi connectivity index (χ3n) is 15.1. The lowest BCUT2D eigenvalue weighted by Crippen LogP contribution is -2.47. The molecule has 0 aromatic heterocycles. The number of likely N-dealkylation sites (N-methyl/N-ethyl adjacent to an activating group) is 1. The van der Waals surface area contributed by atoms with Crippen LogP contribution in [0.4, 0.5) is 0 Å². The van der Waals surface area contributed by atoms with Gasteiger partial charge in [-0.2, -0.15) is 0 Å². The van der Waals surface area contributed by atoms with Crippen molar-refractivity contribution in [3.05, 3.63) is 36.5 Å². The van der Waals surface area contributed by atoms with Gasteiger partial charge in [0.1, 0.15) is 19.3 Å². The van der Waals surface area contributed by atoms with Crippen LogP contribution in [0.5, 0.6) is 0 Å². The third kappa shape index (κ3) is 58.7. The molecule has 1 N–H and O–H groups in total. The standard InChI is InChI=1S/C67H129N2O7P/c1-7-10-13-16-19-22-25-27-29-31-33-34-36-37-39-41-44-47-50-53-56-59-66(70)68-64(63-75-77(72,73)74-62-61-69(4,5)6)65(58-55-52-49-46-43-24-21-18-15-12-9-3)76-67(71)60-57-54-51-48-45-42-40-38-35-32-30-28-26-23-20-17-14-11-8-2/h20,23,28,30,55,58,64-65H,7-19,21-22,24-27,29,31-54,56-57,59-63H2,1-6H3,(H-,68,70,72,73)/b23-20-,30-28-,58-55+. The SMILES string of the molecule is CCCCC/C=C\C/C=C\CCCCCCCCCCCC(=O)OC(/C=C/CCCCCCCCCCC)C(COP(=O)([O-])OCC[N+](C)(C)C)NC(=O)CCCCCCCCCCCCCCCCCCCCCCC. The minimum atomic E-state index is -4.70. The van der Waals surface area contributed by atoms with Gasteiger partial charge in [0.05, 0.1) is 33.8 Å². The molecule has 0 aliphatic heterocycles. The Morgan fingerprint density at radius 2 is 0.792 bits per heavy atom. The van der Waals surface area contributed by atoms with E-state index in [1.807, 2.05) is 33.3 Å². The van der Waals surface area contributed by atoms with Gasteiger partial charge in [-0.05, 0) is 63.9 Å². The molecule has 1 amide bonds. The summed E-state index contributed by atoms with van der Waals surface area (Å²) >= 11 is 0. The summed E-state index contributed by atoms with van der Waals surface area (Å²) in [7, 11) is 1.20. The summed E-state index contributed by atoms with van der Waals surface area (Å²) in [6.45, 7) is 6.86. The van der Waals surface area contributed by atoms with Gasteiger partial charge < -0.3 is 28.5 Å². The van der Waals surface area contributed by atoms with Gasteiger partial charge in [0.2, 0.25) is 5.91 Å². The van der Waals surface area contributed by atoms with Gasteiger partial charge in [-0.25, -0.2) is 0 Å². The average Bonchev–Trinajstić information content (AvgIpc) is 3.39. The zero-order valence-electron chi connectivity index (χ0n) is 51.9. The molecule has 0 saturated heterocycles. The van der Waals surface area contributed by atoms with Crippen LogP contribution >= 0.6 is 7.82 Å². The van der Waals surface area contributed by atoms with E-state index in [9.17, 15) is 19.0 Å². The predicted octanol–water partition coefficient (Wildman–Crippen LogP) is 20.0. The van der Waals surface area contributed by atoms with Crippen molar-refractivity contribution in [2.45, 2.75) is 341 Å². The van der Waals surface area contributed by atoms with Gasteiger partial charge in [-0.1, -0.05) is 289 Å². The van der Waals surface area contributed by atoms with Crippen LogP contribution in [0.25, 0.3) is 0 Å². The molecular formula is C67H129N2O7P. The number of phosphoric ester groups is 1. The maximum absolute atomic E-state index is 13.6. The number of carbonyl (C=O) groups is 2. The van der Waals surface area contributed by atoms with Crippen LogP contribution in [0.1, 0.15) is 329 Å². The molecule has 0 aromatic carbocycles. The summed E-state index contributed by atoms with van der Waals surface area (Å²) in [6, 6.07) is -0.886. The number of nitrogens with zero attached hydrogens (tertiary/aromatic N) is 1. The number of hydrogen-bond donors (Lipinski definition) is 1. The Morgan fingerprint density at radius 1 is 0.455 bits per heavy atom. The van der Waals surface area contributed by atoms with E-state index in [1.54, 1.807) is 0 Å². The molecule has 3 atom stereocenters. The smallest absolute Gasteiger partial charge is 0.306 e. The van der Waals surface area contributed by atoms with Crippen LogP contribution in [0.3, 0.4) is 0 Å². The molecule has 0 fully saturated rings. The summed E-state index contributed by atoms with van der Waals surface area (Å²) in [5.74, 6) is -0.530. The van der Waals surface area contributed by atoms with Gasteiger partial charge >= 0.3 is 5.97 Å². The van der Waals surface area contributed by atoms with Crippen molar-refractivity contribution in [2.75, 3.05) is 40.9 Å². The van der Waals surface area contributed by atoms with E-state index in [4.69, 9.17) is 13.8 Å². The average molecular weight is 1110 g/mol. The van der Waals surface area contributed by atoms with Crippen LogP contribution < -0.4 is 10.2 Å². The molecule has 0 saturated carbocycles. The lowest BCUT2D eigenvalue weighted by atomic mass is 10.0. The van der Waals surface area contributed by atoms with Crippen molar-refractivity contribution in [3.63, 3.8) is 0 Å². The molecule has 454 valence electrons. The Bertz CT molecular complexity index is 1410. The zero-order valence-corrected chi connectivity index (χ0v) is 52.8. The number of esters is 1. The Labute approximate surface area is 478 Å². The molecule has 0 aromatic rings. The fourth-order valence-electron chi connectivity index (χ4n) is 9.91. The number of amides is 1. The van der Waals surface area contributed by atoms with E-state index in [-0.39, 0.29) is 31.5 Å². The second-order valence-corrected chi connectivity index (χ2v) is 25.4. The molecule has 0 aliphatic rings. The monoisotopic (exact) mass is 1100 g/mol. The van der Waals surface area contributed by atoms with Gasteiger partial charge in [0, 0.05) is 12.8 Å².